The van der Waals surface area contributed by atoms with Crippen LogP contribution in [0.15, 0.2) is 164 Å². The third-order valence-electron chi connectivity index (χ3n) is 10.4. The van der Waals surface area contributed by atoms with E-state index < -0.39 is 5.41 Å². The van der Waals surface area contributed by atoms with Crippen LogP contribution in [0.3, 0.4) is 0 Å². The molecule has 2 aliphatic rings. The van der Waals surface area contributed by atoms with E-state index in [1.807, 2.05) is 24.3 Å². The van der Waals surface area contributed by atoms with Crippen molar-refractivity contribution < 1.29 is 0 Å². The molecule has 0 heterocycles. The van der Waals surface area contributed by atoms with Crippen LogP contribution in [0.4, 0.5) is 17.1 Å². The van der Waals surface area contributed by atoms with Gasteiger partial charge in [0, 0.05) is 5.69 Å². The highest BCUT2D eigenvalue weighted by atomic mass is 14.9. The average Bonchev–Trinajstić information content (AvgIpc) is 3.60. The van der Waals surface area contributed by atoms with Crippen molar-refractivity contribution in [3.05, 3.63) is 186 Å². The monoisotopic (exact) mass is 598 g/mol. The van der Waals surface area contributed by atoms with Gasteiger partial charge in [0.2, 0.25) is 0 Å². The second-order valence-corrected chi connectivity index (χ2v) is 12.7. The molecule has 10 rings (SSSR count). The Balaban J connectivity index is 1.29. The van der Waals surface area contributed by atoms with Gasteiger partial charge in [-0.25, -0.2) is 0 Å². The van der Waals surface area contributed by atoms with Crippen molar-refractivity contribution in [2.45, 2.75) is 5.41 Å². The number of anilines is 3. The lowest BCUT2D eigenvalue weighted by Gasteiger charge is -2.32. The van der Waals surface area contributed by atoms with Crippen LogP contribution in [-0.4, -0.2) is 0 Å². The van der Waals surface area contributed by atoms with Crippen molar-refractivity contribution >= 4 is 38.6 Å². The fraction of sp³-hybridized carbons (Fsp3) is 0.0222. The molecule has 0 amide bonds. The van der Waals surface area contributed by atoms with Crippen LogP contribution in [0.5, 0.6) is 0 Å². The summed E-state index contributed by atoms with van der Waals surface area (Å²) < 4.78 is 0. The Morgan fingerprint density at radius 2 is 1.06 bits per heavy atom. The number of fused-ring (bicyclic) bond motifs is 14. The Labute approximate surface area is 273 Å². The molecular weight excluding hydrogens is 569 g/mol. The molecule has 220 valence electrons. The summed E-state index contributed by atoms with van der Waals surface area (Å²) >= 11 is 0. The van der Waals surface area contributed by atoms with Gasteiger partial charge in [0.1, 0.15) is 0 Å². The van der Waals surface area contributed by atoms with Crippen LogP contribution < -0.4 is 11.1 Å². The summed E-state index contributed by atoms with van der Waals surface area (Å²) in [7, 11) is 0. The van der Waals surface area contributed by atoms with E-state index in [-0.39, 0.29) is 0 Å². The zero-order valence-corrected chi connectivity index (χ0v) is 25.7. The molecule has 0 radical (unpaired) electrons. The molecule has 0 fully saturated rings. The number of benzene rings is 8. The molecular formula is C45H30N2. The third kappa shape index (κ3) is 3.50. The van der Waals surface area contributed by atoms with Crippen LogP contribution in [0.25, 0.3) is 54.9 Å². The van der Waals surface area contributed by atoms with Gasteiger partial charge in [-0.2, -0.15) is 0 Å². The van der Waals surface area contributed by atoms with Gasteiger partial charge in [-0.15, -0.1) is 0 Å². The van der Waals surface area contributed by atoms with Crippen molar-refractivity contribution in [3.8, 4) is 33.4 Å². The van der Waals surface area contributed by atoms with Crippen LogP contribution >= 0.6 is 0 Å². The summed E-state index contributed by atoms with van der Waals surface area (Å²) in [4.78, 5) is 0. The Morgan fingerprint density at radius 1 is 0.447 bits per heavy atom. The summed E-state index contributed by atoms with van der Waals surface area (Å²) in [5.41, 5.74) is 21.6. The van der Waals surface area contributed by atoms with E-state index in [0.29, 0.717) is 0 Å². The number of nitrogens with two attached hydrogens (primary N) is 1. The topological polar surface area (TPSA) is 38.0 Å². The molecule has 0 saturated carbocycles. The molecule has 1 spiro atoms. The highest BCUT2D eigenvalue weighted by molar-refractivity contribution is 6.14. The van der Waals surface area contributed by atoms with E-state index in [1.54, 1.807) is 0 Å². The fourth-order valence-electron chi connectivity index (χ4n) is 8.51. The predicted molar refractivity (Wildman–Crippen MR) is 197 cm³/mol. The summed E-state index contributed by atoms with van der Waals surface area (Å²) in [6.45, 7) is 0. The molecule has 8 aromatic rings. The highest BCUT2D eigenvalue weighted by Crippen LogP contribution is 2.65. The maximum absolute atomic E-state index is 6.24. The molecule has 0 bridgehead atoms. The van der Waals surface area contributed by atoms with Gasteiger partial charge < -0.3 is 11.1 Å². The van der Waals surface area contributed by atoms with Gasteiger partial charge in [0.05, 0.1) is 16.8 Å². The standard InChI is InChI=1S/C45H30N2/c46-41-19-9-10-20-42(41)47-30-24-21-29(22-25-30)37-27-40-43(35-16-4-3-13-32(35)37)36-26-23-28-11-1-2-12-31(28)44(36)45(40)38-17-7-5-14-33(38)34-15-6-8-18-39(34)45/h1-27,47H,46H2. The molecule has 0 atom stereocenters. The van der Waals surface area contributed by atoms with Gasteiger partial charge in [0.25, 0.3) is 0 Å². The molecule has 47 heavy (non-hydrogen) atoms. The lowest BCUT2D eigenvalue weighted by Crippen LogP contribution is -2.26. The first kappa shape index (κ1) is 26.1. The second-order valence-electron chi connectivity index (χ2n) is 12.7. The quantitative estimate of drug-likeness (QED) is 0.199. The number of hydrogen-bond acceptors (Lipinski definition) is 2. The van der Waals surface area contributed by atoms with E-state index >= 15 is 0 Å². The molecule has 0 saturated heterocycles. The van der Waals surface area contributed by atoms with Gasteiger partial charge >= 0.3 is 0 Å². The number of nitrogens with one attached hydrogen (secondary N) is 1. The van der Waals surface area contributed by atoms with Gasteiger partial charge in [-0.3, -0.25) is 0 Å². The van der Waals surface area contributed by atoms with Crippen molar-refractivity contribution in [2.24, 2.45) is 0 Å². The SMILES string of the molecule is Nc1ccccc1Nc1ccc(-c2cc3c(c4ccccc24)-c2ccc4ccccc4c2C32c3ccccc3-c3ccccc32)cc1. The lowest BCUT2D eigenvalue weighted by atomic mass is 9.69. The second kappa shape index (κ2) is 9.69. The van der Waals surface area contributed by atoms with Crippen LogP contribution in [0.1, 0.15) is 22.3 Å². The smallest absolute Gasteiger partial charge is 0.0731 e. The largest absolute Gasteiger partial charge is 0.397 e. The molecule has 0 aliphatic heterocycles. The van der Waals surface area contributed by atoms with Gasteiger partial charge in [0.15, 0.2) is 0 Å². The number of nitrogen functional groups attached to an aromatic ring is 1. The molecule has 3 N–H and O–H groups in total. The summed E-state index contributed by atoms with van der Waals surface area (Å²) in [6.07, 6.45) is 0. The minimum absolute atomic E-state index is 0.441. The molecule has 0 unspecified atom stereocenters. The van der Waals surface area contributed by atoms with Crippen LogP contribution in [0, 0.1) is 0 Å². The first-order valence-electron chi connectivity index (χ1n) is 16.2. The minimum atomic E-state index is -0.441. The first-order chi connectivity index (χ1) is 23.2. The third-order valence-corrected chi connectivity index (χ3v) is 10.4. The van der Waals surface area contributed by atoms with Crippen LogP contribution in [0.2, 0.25) is 0 Å². The van der Waals surface area contributed by atoms with Gasteiger partial charge in [-0.05, 0) is 108 Å². The van der Waals surface area contributed by atoms with E-state index in [2.05, 4.69) is 145 Å². The molecule has 8 aromatic carbocycles. The Morgan fingerprint density at radius 3 is 1.81 bits per heavy atom. The molecule has 2 heteroatoms. The molecule has 2 aliphatic carbocycles. The Kier molecular flexibility index (Phi) is 5.39. The maximum atomic E-state index is 6.24. The van der Waals surface area contributed by atoms with E-state index in [1.165, 1.54) is 77.2 Å². The highest BCUT2D eigenvalue weighted by Gasteiger charge is 2.53. The zero-order valence-electron chi connectivity index (χ0n) is 25.7. The van der Waals surface area contributed by atoms with E-state index in [4.69, 9.17) is 5.73 Å². The zero-order chi connectivity index (χ0) is 31.1. The first-order valence-corrected chi connectivity index (χ1v) is 16.2. The summed E-state index contributed by atoms with van der Waals surface area (Å²) in [6, 6.07) is 59.8. The van der Waals surface area contributed by atoms with E-state index in [9.17, 15) is 0 Å². The van der Waals surface area contributed by atoms with Crippen molar-refractivity contribution in [3.63, 3.8) is 0 Å². The fourth-order valence-corrected chi connectivity index (χ4v) is 8.51. The predicted octanol–water partition coefficient (Wildman–Crippen LogP) is 11.3. The van der Waals surface area contributed by atoms with Gasteiger partial charge in [-0.1, -0.05) is 133 Å². The Hall–Kier alpha value is -6.12. The van der Waals surface area contributed by atoms with Crippen molar-refractivity contribution in [1.82, 2.24) is 0 Å². The number of rotatable bonds is 3. The summed E-state index contributed by atoms with van der Waals surface area (Å²) in [5.74, 6) is 0. The van der Waals surface area contributed by atoms with E-state index in [0.717, 1.165) is 17.1 Å². The summed E-state index contributed by atoms with van der Waals surface area (Å²) in [5, 5.41) is 8.63. The average molecular weight is 599 g/mol. The maximum Gasteiger partial charge on any atom is 0.0731 e. The Bertz CT molecular complexity index is 2510. The number of para-hydroxylation sites is 2. The number of hydrogen-bond donors (Lipinski definition) is 2. The minimum Gasteiger partial charge on any atom is -0.397 e. The molecule has 0 aromatic heterocycles. The van der Waals surface area contributed by atoms with Crippen molar-refractivity contribution in [2.75, 3.05) is 11.1 Å². The molecule has 2 nitrogen and oxygen atoms in total. The van der Waals surface area contributed by atoms with Crippen molar-refractivity contribution in [1.29, 1.82) is 0 Å². The lowest BCUT2D eigenvalue weighted by molar-refractivity contribution is 0.802. The normalized spacial score (nSPS) is 13.4. The van der Waals surface area contributed by atoms with Crippen LogP contribution in [-0.2, 0) is 5.41 Å².